The fourth-order valence-corrected chi connectivity index (χ4v) is 2.87. The lowest BCUT2D eigenvalue weighted by Gasteiger charge is -2.18. The Morgan fingerprint density at radius 3 is 1.79 bits per heavy atom. The summed E-state index contributed by atoms with van der Waals surface area (Å²) in [6, 6.07) is 12.8. The SMILES string of the molecule is Brc1ccc2c(c1)CC2.COc1ccc2c(c1)CC2. The van der Waals surface area contributed by atoms with Crippen molar-refractivity contribution >= 4 is 15.9 Å². The van der Waals surface area contributed by atoms with Crippen LogP contribution in [0.1, 0.15) is 22.3 Å². The lowest BCUT2D eigenvalue weighted by Crippen LogP contribution is -2.07. The second kappa shape index (κ2) is 5.38. The van der Waals surface area contributed by atoms with Crippen LogP contribution in [0, 0.1) is 0 Å². The first-order chi connectivity index (χ1) is 9.26. The summed E-state index contributed by atoms with van der Waals surface area (Å²) in [6.07, 6.45) is 5.03. The van der Waals surface area contributed by atoms with Crippen LogP contribution in [0.5, 0.6) is 5.75 Å². The van der Waals surface area contributed by atoms with E-state index in [1.54, 1.807) is 7.11 Å². The van der Waals surface area contributed by atoms with Crippen molar-refractivity contribution in [1.82, 2.24) is 0 Å². The van der Waals surface area contributed by atoms with E-state index in [4.69, 9.17) is 4.74 Å². The van der Waals surface area contributed by atoms with Gasteiger partial charge in [-0.1, -0.05) is 28.1 Å². The fraction of sp³-hybridized carbons (Fsp3) is 0.294. The van der Waals surface area contributed by atoms with Gasteiger partial charge in [0.1, 0.15) is 5.75 Å². The molecule has 0 saturated heterocycles. The third-order valence-corrected chi connectivity index (χ3v) is 4.40. The fourth-order valence-electron chi connectivity index (χ4n) is 2.46. The zero-order chi connectivity index (χ0) is 13.2. The maximum absolute atomic E-state index is 5.08. The summed E-state index contributed by atoms with van der Waals surface area (Å²) in [5, 5.41) is 0. The minimum Gasteiger partial charge on any atom is -0.497 e. The van der Waals surface area contributed by atoms with Crippen molar-refractivity contribution < 1.29 is 4.74 Å². The largest absolute Gasteiger partial charge is 0.497 e. The zero-order valence-electron chi connectivity index (χ0n) is 11.1. The minimum atomic E-state index is 0.985. The van der Waals surface area contributed by atoms with E-state index in [-0.39, 0.29) is 0 Å². The van der Waals surface area contributed by atoms with E-state index in [1.165, 1.54) is 52.4 Å². The number of halogens is 1. The molecule has 0 spiro atoms. The average molecular weight is 317 g/mol. The monoisotopic (exact) mass is 316 g/mol. The molecular formula is C17H17BrO. The summed E-state index contributed by atoms with van der Waals surface area (Å²) in [7, 11) is 1.71. The molecule has 2 aliphatic carbocycles. The highest BCUT2D eigenvalue weighted by Gasteiger charge is 2.12. The smallest absolute Gasteiger partial charge is 0.119 e. The second-order valence-electron chi connectivity index (χ2n) is 5.05. The highest BCUT2D eigenvalue weighted by Crippen LogP contribution is 2.26. The molecule has 4 rings (SSSR count). The van der Waals surface area contributed by atoms with Gasteiger partial charge in [0, 0.05) is 4.47 Å². The van der Waals surface area contributed by atoms with Gasteiger partial charge in [-0.3, -0.25) is 0 Å². The van der Waals surface area contributed by atoms with Gasteiger partial charge in [-0.25, -0.2) is 0 Å². The van der Waals surface area contributed by atoms with E-state index in [0.29, 0.717) is 0 Å². The molecule has 2 heteroatoms. The number of methoxy groups -OCH3 is 1. The van der Waals surface area contributed by atoms with Crippen molar-refractivity contribution in [3.8, 4) is 5.75 Å². The second-order valence-corrected chi connectivity index (χ2v) is 5.96. The van der Waals surface area contributed by atoms with Crippen LogP contribution < -0.4 is 4.74 Å². The third kappa shape index (κ3) is 2.69. The number of hydrogen-bond acceptors (Lipinski definition) is 1. The van der Waals surface area contributed by atoms with Crippen LogP contribution in [0.4, 0.5) is 0 Å². The highest BCUT2D eigenvalue weighted by atomic mass is 79.9. The molecule has 0 N–H and O–H groups in total. The van der Waals surface area contributed by atoms with Gasteiger partial charge in [0.2, 0.25) is 0 Å². The Labute approximate surface area is 122 Å². The molecule has 19 heavy (non-hydrogen) atoms. The maximum Gasteiger partial charge on any atom is 0.119 e. The molecule has 0 aliphatic heterocycles. The number of benzene rings is 2. The summed E-state index contributed by atoms with van der Waals surface area (Å²) < 4.78 is 6.29. The Morgan fingerprint density at radius 1 is 0.789 bits per heavy atom. The molecule has 0 atom stereocenters. The van der Waals surface area contributed by atoms with Crippen molar-refractivity contribution in [1.29, 1.82) is 0 Å². The van der Waals surface area contributed by atoms with Crippen LogP contribution in [-0.2, 0) is 25.7 Å². The van der Waals surface area contributed by atoms with E-state index < -0.39 is 0 Å². The van der Waals surface area contributed by atoms with Crippen LogP contribution in [0.2, 0.25) is 0 Å². The molecule has 0 fully saturated rings. The van der Waals surface area contributed by atoms with Crippen molar-refractivity contribution in [2.45, 2.75) is 25.7 Å². The third-order valence-electron chi connectivity index (χ3n) is 3.91. The molecule has 0 amide bonds. The quantitative estimate of drug-likeness (QED) is 0.760. The molecular weight excluding hydrogens is 300 g/mol. The van der Waals surface area contributed by atoms with Crippen LogP contribution in [0.25, 0.3) is 0 Å². The van der Waals surface area contributed by atoms with Gasteiger partial charge in [0.25, 0.3) is 0 Å². The average Bonchev–Trinajstić information content (AvgIpc) is 2.36. The lowest BCUT2D eigenvalue weighted by atomic mass is 9.89. The number of ether oxygens (including phenoxy) is 1. The standard InChI is InChI=1S/C9H10O.C8H7Br/c1-10-9-5-4-7-2-3-8(7)6-9;9-8-4-3-6-1-2-7(6)5-8/h4-6H,2-3H2,1H3;3-5H,1-2H2. The Bertz CT molecular complexity index is 604. The van der Waals surface area contributed by atoms with Gasteiger partial charge in [-0.2, -0.15) is 0 Å². The summed E-state index contributed by atoms with van der Waals surface area (Å²) >= 11 is 3.43. The Hall–Kier alpha value is -1.28. The summed E-state index contributed by atoms with van der Waals surface area (Å²) in [5.74, 6) is 0.985. The Balaban J connectivity index is 0.000000117. The normalized spacial score (nSPS) is 14.0. The van der Waals surface area contributed by atoms with Gasteiger partial charge < -0.3 is 4.74 Å². The predicted molar refractivity (Wildman–Crippen MR) is 82.0 cm³/mol. The first-order valence-corrected chi connectivity index (χ1v) is 7.48. The van der Waals surface area contributed by atoms with Crippen LogP contribution >= 0.6 is 15.9 Å². The van der Waals surface area contributed by atoms with Gasteiger partial charge in [0.05, 0.1) is 7.11 Å². The Morgan fingerprint density at radius 2 is 1.37 bits per heavy atom. The van der Waals surface area contributed by atoms with Gasteiger partial charge in [0.15, 0.2) is 0 Å². The van der Waals surface area contributed by atoms with Crippen molar-refractivity contribution in [2.24, 2.45) is 0 Å². The van der Waals surface area contributed by atoms with Crippen LogP contribution in [-0.4, -0.2) is 7.11 Å². The molecule has 98 valence electrons. The highest BCUT2D eigenvalue weighted by molar-refractivity contribution is 9.10. The molecule has 1 nitrogen and oxygen atoms in total. The van der Waals surface area contributed by atoms with Crippen LogP contribution in [0.3, 0.4) is 0 Å². The molecule has 2 aromatic carbocycles. The first-order valence-electron chi connectivity index (χ1n) is 6.69. The number of aryl methyl sites for hydroxylation is 4. The molecule has 0 heterocycles. The molecule has 0 unspecified atom stereocenters. The predicted octanol–water partition coefficient (Wildman–Crippen LogP) is 4.34. The number of fused-ring (bicyclic) bond motifs is 2. The van der Waals surface area contributed by atoms with Gasteiger partial charge in [-0.05, 0) is 72.2 Å². The van der Waals surface area contributed by atoms with E-state index in [1.807, 2.05) is 6.07 Å². The molecule has 0 aromatic heterocycles. The molecule has 2 aromatic rings. The van der Waals surface area contributed by atoms with Crippen molar-refractivity contribution in [3.05, 3.63) is 63.1 Å². The van der Waals surface area contributed by atoms with E-state index in [0.717, 1.165) is 5.75 Å². The number of rotatable bonds is 1. The maximum atomic E-state index is 5.08. The molecule has 0 saturated carbocycles. The first kappa shape index (κ1) is 12.7. The zero-order valence-corrected chi connectivity index (χ0v) is 12.7. The van der Waals surface area contributed by atoms with Crippen LogP contribution in [0.15, 0.2) is 40.9 Å². The minimum absolute atomic E-state index is 0.985. The molecule has 2 aliphatic rings. The Kier molecular flexibility index (Phi) is 3.61. The van der Waals surface area contributed by atoms with E-state index in [9.17, 15) is 0 Å². The van der Waals surface area contributed by atoms with Gasteiger partial charge >= 0.3 is 0 Å². The summed E-state index contributed by atoms with van der Waals surface area (Å²) in [4.78, 5) is 0. The van der Waals surface area contributed by atoms with E-state index in [2.05, 4.69) is 46.3 Å². The number of hydrogen-bond donors (Lipinski definition) is 0. The summed E-state index contributed by atoms with van der Waals surface area (Å²) in [5.41, 5.74) is 5.99. The van der Waals surface area contributed by atoms with Crippen molar-refractivity contribution in [2.75, 3.05) is 7.11 Å². The lowest BCUT2D eigenvalue weighted by molar-refractivity contribution is 0.413. The van der Waals surface area contributed by atoms with Crippen molar-refractivity contribution in [3.63, 3.8) is 0 Å². The molecule has 0 bridgehead atoms. The topological polar surface area (TPSA) is 9.23 Å². The molecule has 0 radical (unpaired) electrons. The summed E-state index contributed by atoms with van der Waals surface area (Å²) in [6.45, 7) is 0. The van der Waals surface area contributed by atoms with E-state index >= 15 is 0 Å². The van der Waals surface area contributed by atoms with Gasteiger partial charge in [-0.15, -0.1) is 0 Å².